The first kappa shape index (κ1) is 44.7. The summed E-state index contributed by atoms with van der Waals surface area (Å²) in [5, 5.41) is 10.7. The van der Waals surface area contributed by atoms with Gasteiger partial charge in [-0.3, -0.25) is 19.6 Å². The number of carbonyl (C=O) groups is 1. The fourth-order valence-corrected chi connectivity index (χ4v) is 6.28. The van der Waals surface area contributed by atoms with Crippen molar-refractivity contribution in [1.29, 1.82) is 0 Å². The standard InChI is InChI=1S/C42H29N6.C11H20O2.Ir/c1-5-19-34(20-6-1)47(35-21-7-2-8-22-35)41-44-40(33-18-15-17-32(30-33)39-29-28-31-16-13-14-27-38(31)43-39)45-42(46-41)48(36-23-9-3-10-24-36)37-25-11-4-12-26-37;1-10(2,3)8(12)7-9(13)11(4,5)6;/h1-16,18-30H;7,12H,1-6H3;/q-1;;. The summed E-state index contributed by atoms with van der Waals surface area (Å²) < 4.78 is 0. The minimum Gasteiger partial charge on any atom is -0.512 e. The van der Waals surface area contributed by atoms with Crippen LogP contribution in [0.5, 0.6) is 0 Å². The molecule has 0 fully saturated rings. The van der Waals surface area contributed by atoms with Crippen LogP contribution in [0.2, 0.25) is 0 Å². The SMILES string of the molecule is CC(C)(C)C(=O)C=C(O)C(C)(C)C.[Ir].[c-]1ccc(-c2nc(N(c3ccccc3)c3ccccc3)nc(N(c3ccccc3)c3ccccc3)n2)cc1-c1ccc2ccccc2n1. The minimum absolute atomic E-state index is 0. The summed E-state index contributed by atoms with van der Waals surface area (Å²) in [6.45, 7) is 11.1. The molecule has 2 aromatic heterocycles. The first-order valence-electron chi connectivity index (χ1n) is 20.3. The molecule has 8 rings (SSSR count). The number of hydrogen-bond donors (Lipinski definition) is 1. The maximum Gasteiger partial charge on any atom is 0.239 e. The zero-order valence-corrected chi connectivity index (χ0v) is 38.1. The van der Waals surface area contributed by atoms with Crippen LogP contribution in [0, 0.1) is 16.9 Å². The molecular formula is C53H49IrN6O2-. The molecule has 62 heavy (non-hydrogen) atoms. The Bertz CT molecular complexity index is 2570. The first-order valence-corrected chi connectivity index (χ1v) is 20.3. The van der Waals surface area contributed by atoms with E-state index in [9.17, 15) is 9.90 Å². The van der Waals surface area contributed by atoms with Crippen molar-refractivity contribution in [2.24, 2.45) is 10.8 Å². The van der Waals surface area contributed by atoms with Crippen LogP contribution in [0.15, 0.2) is 188 Å². The predicted molar refractivity (Wildman–Crippen MR) is 249 cm³/mol. The second kappa shape index (κ2) is 19.7. The molecule has 8 aromatic rings. The quantitative estimate of drug-likeness (QED) is 0.0868. The van der Waals surface area contributed by atoms with Gasteiger partial charge in [-0.25, -0.2) is 0 Å². The summed E-state index contributed by atoms with van der Waals surface area (Å²) in [5.74, 6) is 1.61. The summed E-state index contributed by atoms with van der Waals surface area (Å²) in [7, 11) is 0. The van der Waals surface area contributed by atoms with E-state index in [0.717, 1.165) is 50.5 Å². The van der Waals surface area contributed by atoms with Crippen molar-refractivity contribution in [3.63, 3.8) is 0 Å². The van der Waals surface area contributed by atoms with Crippen LogP contribution in [-0.4, -0.2) is 30.8 Å². The largest absolute Gasteiger partial charge is 0.512 e. The van der Waals surface area contributed by atoms with Crippen LogP contribution in [-0.2, 0) is 24.9 Å². The summed E-state index contributed by atoms with van der Waals surface area (Å²) in [5.41, 5.74) is 6.40. The Morgan fingerprint density at radius 2 is 1.00 bits per heavy atom. The number of anilines is 6. The normalized spacial score (nSPS) is 11.5. The van der Waals surface area contributed by atoms with Gasteiger partial charge in [0.2, 0.25) is 11.9 Å². The average molecular weight is 994 g/mol. The third-order valence-corrected chi connectivity index (χ3v) is 9.78. The molecule has 0 amide bonds. The van der Waals surface area contributed by atoms with E-state index < -0.39 is 5.41 Å². The summed E-state index contributed by atoms with van der Waals surface area (Å²) in [6, 6.07) is 62.2. The topological polar surface area (TPSA) is 95.3 Å². The first-order chi connectivity index (χ1) is 29.3. The van der Waals surface area contributed by atoms with Crippen LogP contribution in [0.1, 0.15) is 41.5 Å². The van der Waals surface area contributed by atoms with Crippen molar-refractivity contribution >= 4 is 51.3 Å². The Balaban J connectivity index is 0.000000399. The molecule has 0 bridgehead atoms. The molecule has 0 aliphatic rings. The molecule has 2 heterocycles. The number of pyridine rings is 1. The molecule has 0 saturated carbocycles. The third-order valence-electron chi connectivity index (χ3n) is 9.78. The van der Waals surface area contributed by atoms with E-state index in [2.05, 4.69) is 76.5 Å². The van der Waals surface area contributed by atoms with Gasteiger partial charge in [-0.15, -0.1) is 29.8 Å². The van der Waals surface area contributed by atoms with Gasteiger partial charge < -0.3 is 5.11 Å². The number of ketones is 1. The molecule has 0 spiro atoms. The molecule has 0 aliphatic heterocycles. The smallest absolute Gasteiger partial charge is 0.239 e. The van der Waals surface area contributed by atoms with E-state index in [-0.39, 0.29) is 37.1 Å². The van der Waals surface area contributed by atoms with Crippen LogP contribution in [0.3, 0.4) is 0 Å². The van der Waals surface area contributed by atoms with E-state index in [0.29, 0.717) is 17.7 Å². The Labute approximate surface area is 378 Å². The Hall–Kier alpha value is -6.80. The molecule has 8 nitrogen and oxygen atoms in total. The molecule has 0 atom stereocenters. The summed E-state index contributed by atoms with van der Waals surface area (Å²) in [4.78, 5) is 36.0. The fourth-order valence-electron chi connectivity index (χ4n) is 6.28. The number of aromatic nitrogens is 4. The number of nitrogens with zero attached hydrogens (tertiary/aromatic N) is 6. The van der Waals surface area contributed by atoms with Gasteiger partial charge in [0, 0.05) is 59.8 Å². The van der Waals surface area contributed by atoms with E-state index in [1.165, 1.54) is 6.08 Å². The minimum atomic E-state index is -0.417. The number of allylic oxidation sites excluding steroid dienone is 2. The zero-order valence-electron chi connectivity index (χ0n) is 35.7. The van der Waals surface area contributed by atoms with E-state index in [1.54, 1.807) is 0 Å². The van der Waals surface area contributed by atoms with Crippen molar-refractivity contribution in [1.82, 2.24) is 19.9 Å². The Kier molecular flexibility index (Phi) is 14.2. The number of hydrogen-bond acceptors (Lipinski definition) is 8. The number of para-hydroxylation sites is 5. The van der Waals surface area contributed by atoms with Gasteiger partial charge >= 0.3 is 0 Å². The van der Waals surface area contributed by atoms with Crippen LogP contribution < -0.4 is 9.80 Å². The van der Waals surface area contributed by atoms with Crippen molar-refractivity contribution in [2.75, 3.05) is 9.80 Å². The molecular weight excluding hydrogens is 945 g/mol. The zero-order chi connectivity index (χ0) is 43.0. The van der Waals surface area contributed by atoms with Crippen molar-refractivity contribution in [3.05, 3.63) is 194 Å². The van der Waals surface area contributed by atoms with Gasteiger partial charge in [-0.1, -0.05) is 150 Å². The van der Waals surface area contributed by atoms with Gasteiger partial charge in [0.1, 0.15) is 11.6 Å². The molecule has 0 aliphatic carbocycles. The number of benzene rings is 6. The second-order valence-electron chi connectivity index (χ2n) is 16.5. The average Bonchev–Trinajstić information content (AvgIpc) is 3.27. The molecule has 0 saturated heterocycles. The second-order valence-corrected chi connectivity index (χ2v) is 16.5. The Morgan fingerprint density at radius 1 is 0.548 bits per heavy atom. The summed E-state index contributed by atoms with van der Waals surface area (Å²) >= 11 is 0. The van der Waals surface area contributed by atoms with Gasteiger partial charge in [0.15, 0.2) is 5.78 Å². The predicted octanol–water partition coefficient (Wildman–Crippen LogP) is 13.6. The van der Waals surface area contributed by atoms with Crippen molar-refractivity contribution in [3.8, 4) is 22.6 Å². The molecule has 1 radical (unpaired) electrons. The van der Waals surface area contributed by atoms with Gasteiger partial charge in [0.25, 0.3) is 0 Å². The van der Waals surface area contributed by atoms with Crippen LogP contribution in [0.4, 0.5) is 34.6 Å². The number of rotatable bonds is 9. The van der Waals surface area contributed by atoms with Gasteiger partial charge in [-0.05, 0) is 65.7 Å². The van der Waals surface area contributed by atoms with E-state index in [1.807, 2.05) is 157 Å². The van der Waals surface area contributed by atoms with Crippen LogP contribution in [0.25, 0.3) is 33.5 Å². The van der Waals surface area contributed by atoms with Crippen LogP contribution >= 0.6 is 0 Å². The third kappa shape index (κ3) is 10.9. The Morgan fingerprint density at radius 3 is 1.45 bits per heavy atom. The maximum atomic E-state index is 11.5. The number of carbonyl (C=O) groups excluding carboxylic acids is 1. The van der Waals surface area contributed by atoms with Crippen molar-refractivity contribution in [2.45, 2.75) is 41.5 Å². The molecule has 9 heteroatoms. The van der Waals surface area contributed by atoms with E-state index >= 15 is 0 Å². The number of aliphatic hydroxyl groups excluding tert-OH is 1. The molecule has 313 valence electrons. The number of fused-ring (bicyclic) bond motifs is 1. The molecule has 6 aromatic carbocycles. The fraction of sp³-hybridized carbons (Fsp3) is 0.151. The maximum absolute atomic E-state index is 11.5. The summed E-state index contributed by atoms with van der Waals surface area (Å²) in [6.07, 6.45) is 1.33. The number of aliphatic hydroxyl groups is 1. The van der Waals surface area contributed by atoms with Gasteiger partial charge in [0.05, 0.1) is 5.52 Å². The monoisotopic (exact) mass is 994 g/mol. The van der Waals surface area contributed by atoms with Gasteiger partial charge in [-0.2, -0.15) is 15.0 Å². The molecule has 1 N–H and O–H groups in total. The molecule has 0 unspecified atom stereocenters. The van der Waals surface area contributed by atoms with E-state index in [4.69, 9.17) is 19.9 Å². The van der Waals surface area contributed by atoms with Crippen molar-refractivity contribution < 1.29 is 30.0 Å².